The summed E-state index contributed by atoms with van der Waals surface area (Å²) in [7, 11) is 0. The molecule has 24 heavy (non-hydrogen) atoms. The number of piperidine rings is 1. The molecule has 3 N–H and O–H groups in total. The molecule has 1 fully saturated rings. The van der Waals surface area contributed by atoms with Gasteiger partial charge in [-0.05, 0) is 49.4 Å². The standard InChI is InChI=1S/C19H25N3O2/c1-19(2,18(20)24)11-13-4-3-9-22(12-13)17(23)15-5-6-16-14(10-15)7-8-21-16/h5-8,10,13,21H,3-4,9,11-12H2,1-2H3,(H2,20,24). The highest BCUT2D eigenvalue weighted by atomic mass is 16.2. The number of H-pyrrole nitrogens is 1. The second kappa shape index (κ2) is 6.30. The Labute approximate surface area is 142 Å². The monoisotopic (exact) mass is 327 g/mol. The van der Waals surface area contributed by atoms with E-state index in [0.29, 0.717) is 12.5 Å². The molecule has 1 aromatic carbocycles. The van der Waals surface area contributed by atoms with Gasteiger partial charge in [0.2, 0.25) is 5.91 Å². The molecule has 1 aromatic heterocycles. The van der Waals surface area contributed by atoms with Gasteiger partial charge in [0.05, 0.1) is 0 Å². The van der Waals surface area contributed by atoms with Crippen molar-refractivity contribution in [2.24, 2.45) is 17.1 Å². The number of aromatic amines is 1. The summed E-state index contributed by atoms with van der Waals surface area (Å²) in [6.07, 6.45) is 4.61. The average Bonchev–Trinajstić information content (AvgIpc) is 3.01. The Morgan fingerprint density at radius 3 is 2.88 bits per heavy atom. The van der Waals surface area contributed by atoms with Crippen LogP contribution in [0.1, 0.15) is 43.5 Å². The Balaban J connectivity index is 1.71. The Morgan fingerprint density at radius 2 is 2.12 bits per heavy atom. The van der Waals surface area contributed by atoms with Gasteiger partial charge in [-0.1, -0.05) is 13.8 Å². The van der Waals surface area contributed by atoms with Gasteiger partial charge in [-0.25, -0.2) is 0 Å². The lowest BCUT2D eigenvalue weighted by molar-refractivity contribution is -0.127. The average molecular weight is 327 g/mol. The zero-order valence-corrected chi connectivity index (χ0v) is 14.3. The van der Waals surface area contributed by atoms with E-state index in [1.54, 1.807) is 0 Å². The van der Waals surface area contributed by atoms with Gasteiger partial charge < -0.3 is 15.6 Å². The molecule has 3 rings (SSSR count). The minimum absolute atomic E-state index is 0.0691. The molecule has 0 spiro atoms. The maximum absolute atomic E-state index is 12.8. The predicted octanol–water partition coefficient (Wildman–Crippen LogP) is 2.92. The fraction of sp³-hybridized carbons (Fsp3) is 0.474. The molecule has 0 radical (unpaired) electrons. The first kappa shape index (κ1) is 16.6. The molecule has 1 aliphatic rings. The van der Waals surface area contributed by atoms with Crippen LogP contribution in [0.5, 0.6) is 0 Å². The summed E-state index contributed by atoms with van der Waals surface area (Å²) in [6.45, 7) is 5.24. The number of nitrogens with zero attached hydrogens (tertiary/aromatic N) is 1. The lowest BCUT2D eigenvalue weighted by Gasteiger charge is -2.36. The van der Waals surface area contributed by atoms with E-state index in [1.807, 2.05) is 49.2 Å². The molecule has 1 atom stereocenters. The second-order valence-electron chi connectivity index (χ2n) is 7.49. The van der Waals surface area contributed by atoms with Crippen LogP contribution in [-0.4, -0.2) is 34.8 Å². The number of carbonyl (C=O) groups excluding carboxylic acids is 2. The summed E-state index contributed by atoms with van der Waals surface area (Å²) in [4.78, 5) is 29.5. The maximum Gasteiger partial charge on any atom is 0.253 e. The first-order valence-electron chi connectivity index (χ1n) is 8.53. The fourth-order valence-electron chi connectivity index (χ4n) is 3.61. The smallest absolute Gasteiger partial charge is 0.253 e. The molecule has 2 aromatic rings. The SMILES string of the molecule is CC(C)(CC1CCCN(C(=O)c2ccc3[nH]ccc3c2)C1)C(N)=O. The van der Waals surface area contributed by atoms with E-state index in [1.165, 1.54) is 0 Å². The van der Waals surface area contributed by atoms with E-state index < -0.39 is 5.41 Å². The van der Waals surface area contributed by atoms with Crippen molar-refractivity contribution >= 4 is 22.7 Å². The third-order valence-corrected chi connectivity index (χ3v) is 5.07. The molecule has 1 unspecified atom stereocenters. The molecule has 0 bridgehead atoms. The van der Waals surface area contributed by atoms with E-state index >= 15 is 0 Å². The van der Waals surface area contributed by atoms with Crippen molar-refractivity contribution in [1.82, 2.24) is 9.88 Å². The fourth-order valence-corrected chi connectivity index (χ4v) is 3.61. The quantitative estimate of drug-likeness (QED) is 0.905. The van der Waals surface area contributed by atoms with Crippen molar-refractivity contribution in [1.29, 1.82) is 0 Å². The molecular formula is C19H25N3O2. The van der Waals surface area contributed by atoms with Gasteiger partial charge >= 0.3 is 0 Å². The Morgan fingerprint density at radius 1 is 1.33 bits per heavy atom. The Hall–Kier alpha value is -2.30. The number of nitrogens with one attached hydrogen (secondary N) is 1. The number of benzene rings is 1. The van der Waals surface area contributed by atoms with Crippen molar-refractivity contribution in [3.63, 3.8) is 0 Å². The molecule has 128 valence electrons. The van der Waals surface area contributed by atoms with E-state index in [0.717, 1.165) is 42.3 Å². The predicted molar refractivity (Wildman–Crippen MR) is 94.5 cm³/mol. The molecule has 5 heteroatoms. The Bertz CT molecular complexity index is 763. The summed E-state index contributed by atoms with van der Waals surface area (Å²) in [5.74, 6) is 0.115. The van der Waals surface area contributed by atoms with Crippen LogP contribution >= 0.6 is 0 Å². The van der Waals surface area contributed by atoms with Crippen LogP contribution in [0.25, 0.3) is 10.9 Å². The number of primary amides is 1. The van der Waals surface area contributed by atoms with Gasteiger partial charge in [-0.2, -0.15) is 0 Å². The van der Waals surface area contributed by atoms with Gasteiger partial charge in [0.1, 0.15) is 0 Å². The third kappa shape index (κ3) is 3.30. The first-order chi connectivity index (χ1) is 11.4. The van der Waals surface area contributed by atoms with Gasteiger partial charge in [-0.3, -0.25) is 9.59 Å². The van der Waals surface area contributed by atoms with Crippen LogP contribution in [0.4, 0.5) is 0 Å². The lowest BCUT2D eigenvalue weighted by Crippen LogP contribution is -2.42. The van der Waals surface area contributed by atoms with E-state index in [4.69, 9.17) is 5.73 Å². The highest BCUT2D eigenvalue weighted by Crippen LogP contribution is 2.31. The molecular weight excluding hydrogens is 302 g/mol. The normalized spacial score (nSPS) is 18.8. The van der Waals surface area contributed by atoms with Crippen molar-refractivity contribution in [3.8, 4) is 0 Å². The van der Waals surface area contributed by atoms with Gasteiger partial charge in [0.15, 0.2) is 0 Å². The number of fused-ring (bicyclic) bond motifs is 1. The van der Waals surface area contributed by atoms with Gasteiger partial charge in [0, 0.05) is 41.2 Å². The number of hydrogen-bond acceptors (Lipinski definition) is 2. The number of nitrogens with two attached hydrogens (primary N) is 1. The summed E-state index contributed by atoms with van der Waals surface area (Å²) < 4.78 is 0. The topological polar surface area (TPSA) is 79.2 Å². The number of carbonyl (C=O) groups is 2. The van der Waals surface area contributed by atoms with Crippen LogP contribution in [0.15, 0.2) is 30.5 Å². The minimum atomic E-state index is -0.527. The molecule has 1 aliphatic heterocycles. The highest BCUT2D eigenvalue weighted by molar-refractivity contribution is 5.98. The van der Waals surface area contributed by atoms with Crippen molar-refractivity contribution in [3.05, 3.63) is 36.0 Å². The molecule has 5 nitrogen and oxygen atoms in total. The molecule has 1 saturated heterocycles. The van der Waals surface area contributed by atoms with Gasteiger partial charge in [0.25, 0.3) is 5.91 Å². The van der Waals surface area contributed by atoms with Gasteiger partial charge in [-0.15, -0.1) is 0 Å². The summed E-state index contributed by atoms with van der Waals surface area (Å²) in [6, 6.07) is 7.73. The van der Waals surface area contributed by atoms with E-state index in [2.05, 4.69) is 4.98 Å². The third-order valence-electron chi connectivity index (χ3n) is 5.07. The van der Waals surface area contributed by atoms with E-state index in [-0.39, 0.29) is 11.8 Å². The molecule has 2 heterocycles. The zero-order chi connectivity index (χ0) is 17.3. The number of likely N-dealkylation sites (tertiary alicyclic amines) is 1. The maximum atomic E-state index is 12.8. The minimum Gasteiger partial charge on any atom is -0.369 e. The largest absolute Gasteiger partial charge is 0.369 e. The van der Waals surface area contributed by atoms with Crippen LogP contribution in [-0.2, 0) is 4.79 Å². The molecule has 0 aliphatic carbocycles. The molecule has 2 amide bonds. The van der Waals surface area contributed by atoms with Crippen molar-refractivity contribution in [2.45, 2.75) is 33.1 Å². The molecule has 0 saturated carbocycles. The number of amides is 2. The summed E-state index contributed by atoms with van der Waals surface area (Å²) in [5.41, 5.74) is 6.72. The highest BCUT2D eigenvalue weighted by Gasteiger charge is 2.32. The van der Waals surface area contributed by atoms with E-state index in [9.17, 15) is 9.59 Å². The summed E-state index contributed by atoms with van der Waals surface area (Å²) >= 11 is 0. The number of aromatic nitrogens is 1. The summed E-state index contributed by atoms with van der Waals surface area (Å²) in [5, 5.41) is 1.05. The van der Waals surface area contributed by atoms with Crippen LogP contribution in [0.3, 0.4) is 0 Å². The Kier molecular flexibility index (Phi) is 4.35. The van der Waals surface area contributed by atoms with Crippen molar-refractivity contribution in [2.75, 3.05) is 13.1 Å². The first-order valence-corrected chi connectivity index (χ1v) is 8.53. The number of hydrogen-bond donors (Lipinski definition) is 2. The van der Waals surface area contributed by atoms with Crippen molar-refractivity contribution < 1.29 is 9.59 Å². The van der Waals surface area contributed by atoms with Crippen LogP contribution < -0.4 is 5.73 Å². The number of rotatable bonds is 4. The lowest BCUT2D eigenvalue weighted by atomic mass is 9.79. The van der Waals surface area contributed by atoms with Crippen LogP contribution in [0.2, 0.25) is 0 Å². The van der Waals surface area contributed by atoms with Crippen LogP contribution in [0, 0.1) is 11.3 Å². The second-order valence-corrected chi connectivity index (χ2v) is 7.49. The zero-order valence-electron chi connectivity index (χ0n) is 14.3.